The van der Waals surface area contributed by atoms with Gasteiger partial charge in [-0.3, -0.25) is 0 Å². The molecule has 4 heteroatoms. The molecule has 21 heavy (non-hydrogen) atoms. The standard InChI is InChI=1S/C17H26FNO2/c1-4-21-17(9-5-6-10-17)16(19-2)12-13-7-8-15(20-3)14(18)11-13/h7-8,11,16,19H,4-6,9-10,12H2,1-3H3. The molecular formula is C17H26FNO2. The van der Waals surface area contributed by atoms with Gasteiger partial charge in [0.15, 0.2) is 11.6 Å². The van der Waals surface area contributed by atoms with Gasteiger partial charge in [-0.15, -0.1) is 0 Å². The van der Waals surface area contributed by atoms with E-state index in [0.717, 1.165) is 31.4 Å². The lowest BCUT2D eigenvalue weighted by molar-refractivity contribution is -0.0597. The van der Waals surface area contributed by atoms with E-state index in [2.05, 4.69) is 5.32 Å². The van der Waals surface area contributed by atoms with Crippen LogP contribution in [-0.2, 0) is 11.2 Å². The van der Waals surface area contributed by atoms with Crippen LogP contribution in [0.4, 0.5) is 4.39 Å². The van der Waals surface area contributed by atoms with Crippen LogP contribution in [0.15, 0.2) is 18.2 Å². The van der Waals surface area contributed by atoms with E-state index in [-0.39, 0.29) is 17.5 Å². The number of hydrogen-bond acceptors (Lipinski definition) is 3. The Morgan fingerprint density at radius 1 is 1.33 bits per heavy atom. The average Bonchev–Trinajstić information content (AvgIpc) is 2.95. The van der Waals surface area contributed by atoms with Crippen LogP contribution >= 0.6 is 0 Å². The fraction of sp³-hybridized carbons (Fsp3) is 0.647. The minimum absolute atomic E-state index is 0.111. The lowest BCUT2D eigenvalue weighted by Crippen LogP contribution is -2.51. The first-order valence-corrected chi connectivity index (χ1v) is 7.79. The van der Waals surface area contributed by atoms with E-state index in [9.17, 15) is 4.39 Å². The lowest BCUT2D eigenvalue weighted by Gasteiger charge is -2.37. The van der Waals surface area contributed by atoms with Gasteiger partial charge in [-0.25, -0.2) is 4.39 Å². The molecule has 1 aliphatic carbocycles. The quantitative estimate of drug-likeness (QED) is 0.837. The number of likely N-dealkylation sites (N-methyl/N-ethyl adjacent to an activating group) is 1. The van der Waals surface area contributed by atoms with Crippen molar-refractivity contribution in [2.24, 2.45) is 0 Å². The first-order chi connectivity index (χ1) is 10.1. The summed E-state index contributed by atoms with van der Waals surface area (Å²) < 4.78 is 24.9. The summed E-state index contributed by atoms with van der Waals surface area (Å²) in [6.45, 7) is 2.76. The Morgan fingerprint density at radius 2 is 2.05 bits per heavy atom. The van der Waals surface area contributed by atoms with Gasteiger partial charge < -0.3 is 14.8 Å². The molecule has 1 saturated carbocycles. The molecule has 0 aromatic heterocycles. The van der Waals surface area contributed by atoms with Crippen molar-refractivity contribution in [2.75, 3.05) is 20.8 Å². The normalized spacial score (nSPS) is 18.7. The van der Waals surface area contributed by atoms with Crippen LogP contribution in [0.5, 0.6) is 5.75 Å². The Labute approximate surface area is 126 Å². The number of nitrogens with one attached hydrogen (secondary N) is 1. The van der Waals surface area contributed by atoms with Crippen LogP contribution in [0.25, 0.3) is 0 Å². The molecule has 0 heterocycles. The van der Waals surface area contributed by atoms with Crippen LogP contribution in [0.1, 0.15) is 38.2 Å². The maximum Gasteiger partial charge on any atom is 0.165 e. The summed E-state index contributed by atoms with van der Waals surface area (Å²) in [5, 5.41) is 3.39. The van der Waals surface area contributed by atoms with Crippen molar-refractivity contribution in [1.82, 2.24) is 5.32 Å². The smallest absolute Gasteiger partial charge is 0.165 e. The molecular weight excluding hydrogens is 269 g/mol. The van der Waals surface area contributed by atoms with Gasteiger partial charge in [-0.1, -0.05) is 18.9 Å². The summed E-state index contributed by atoms with van der Waals surface area (Å²) in [4.78, 5) is 0. The van der Waals surface area contributed by atoms with Crippen molar-refractivity contribution in [1.29, 1.82) is 0 Å². The van der Waals surface area contributed by atoms with E-state index in [0.29, 0.717) is 5.75 Å². The summed E-state index contributed by atoms with van der Waals surface area (Å²) >= 11 is 0. The molecule has 1 unspecified atom stereocenters. The van der Waals surface area contributed by atoms with Gasteiger partial charge in [0.2, 0.25) is 0 Å². The zero-order valence-electron chi connectivity index (χ0n) is 13.2. The van der Waals surface area contributed by atoms with Gasteiger partial charge in [-0.05, 0) is 50.9 Å². The highest BCUT2D eigenvalue weighted by Crippen LogP contribution is 2.37. The number of rotatable bonds is 7. The summed E-state index contributed by atoms with van der Waals surface area (Å²) in [6, 6.07) is 5.39. The first kappa shape index (κ1) is 16.2. The molecule has 3 nitrogen and oxygen atoms in total. The van der Waals surface area contributed by atoms with E-state index in [1.165, 1.54) is 20.0 Å². The second-order valence-corrected chi connectivity index (χ2v) is 5.72. The average molecular weight is 295 g/mol. The fourth-order valence-electron chi connectivity index (χ4n) is 3.48. The topological polar surface area (TPSA) is 30.5 Å². The molecule has 1 aromatic rings. The van der Waals surface area contributed by atoms with Gasteiger partial charge in [-0.2, -0.15) is 0 Å². The summed E-state index contributed by atoms with van der Waals surface area (Å²) in [7, 11) is 3.45. The number of hydrogen-bond donors (Lipinski definition) is 1. The van der Waals surface area contributed by atoms with Crippen molar-refractivity contribution in [3.63, 3.8) is 0 Å². The molecule has 1 N–H and O–H groups in total. The van der Waals surface area contributed by atoms with E-state index in [1.54, 1.807) is 12.1 Å². The highest BCUT2D eigenvalue weighted by molar-refractivity contribution is 5.30. The molecule has 1 atom stereocenters. The zero-order valence-corrected chi connectivity index (χ0v) is 13.2. The largest absolute Gasteiger partial charge is 0.494 e. The Morgan fingerprint density at radius 3 is 2.57 bits per heavy atom. The number of halogens is 1. The van der Waals surface area contributed by atoms with Crippen molar-refractivity contribution in [3.05, 3.63) is 29.6 Å². The van der Waals surface area contributed by atoms with E-state index < -0.39 is 0 Å². The zero-order chi connectivity index (χ0) is 15.3. The monoisotopic (exact) mass is 295 g/mol. The molecule has 118 valence electrons. The van der Waals surface area contributed by atoms with Crippen LogP contribution in [-0.4, -0.2) is 32.4 Å². The van der Waals surface area contributed by atoms with Crippen molar-refractivity contribution in [3.8, 4) is 5.75 Å². The Balaban J connectivity index is 2.16. The van der Waals surface area contributed by atoms with Crippen LogP contribution in [0.3, 0.4) is 0 Å². The van der Waals surface area contributed by atoms with Gasteiger partial charge in [0.05, 0.1) is 12.7 Å². The molecule has 1 fully saturated rings. The maximum absolute atomic E-state index is 13.8. The number of methoxy groups -OCH3 is 1. The summed E-state index contributed by atoms with van der Waals surface area (Å²) in [5.74, 6) is -0.0121. The second-order valence-electron chi connectivity index (χ2n) is 5.72. The van der Waals surface area contributed by atoms with Gasteiger partial charge in [0.25, 0.3) is 0 Å². The highest BCUT2D eigenvalue weighted by atomic mass is 19.1. The van der Waals surface area contributed by atoms with E-state index >= 15 is 0 Å². The third-order valence-corrected chi connectivity index (χ3v) is 4.52. The minimum atomic E-state index is -0.304. The van der Waals surface area contributed by atoms with Crippen LogP contribution in [0, 0.1) is 5.82 Å². The maximum atomic E-state index is 13.8. The molecule has 0 saturated heterocycles. The molecule has 0 radical (unpaired) electrons. The lowest BCUT2D eigenvalue weighted by atomic mass is 9.87. The Hall–Kier alpha value is -1.13. The molecule has 0 aliphatic heterocycles. The molecule has 1 aromatic carbocycles. The Bertz CT molecular complexity index is 458. The summed E-state index contributed by atoms with van der Waals surface area (Å²) in [5.41, 5.74) is 0.860. The van der Waals surface area contributed by atoms with Crippen molar-refractivity contribution >= 4 is 0 Å². The third kappa shape index (κ3) is 3.55. The van der Waals surface area contributed by atoms with E-state index in [1.807, 2.05) is 20.0 Å². The van der Waals surface area contributed by atoms with Crippen LogP contribution in [0.2, 0.25) is 0 Å². The SMILES string of the molecule is CCOC1(C(Cc2ccc(OC)c(F)c2)NC)CCCC1. The van der Waals surface area contributed by atoms with Crippen molar-refractivity contribution < 1.29 is 13.9 Å². The number of ether oxygens (including phenoxy) is 2. The molecule has 0 amide bonds. The van der Waals surface area contributed by atoms with Crippen molar-refractivity contribution in [2.45, 2.75) is 50.7 Å². The predicted molar refractivity (Wildman–Crippen MR) is 82.3 cm³/mol. The molecule has 2 rings (SSSR count). The second kappa shape index (κ2) is 7.23. The summed E-state index contributed by atoms with van der Waals surface area (Å²) in [6.07, 6.45) is 5.32. The van der Waals surface area contributed by atoms with Gasteiger partial charge in [0, 0.05) is 12.6 Å². The highest BCUT2D eigenvalue weighted by Gasteiger charge is 2.41. The predicted octanol–water partition coefficient (Wildman–Crippen LogP) is 3.31. The van der Waals surface area contributed by atoms with E-state index in [4.69, 9.17) is 9.47 Å². The Kier molecular flexibility index (Phi) is 5.59. The molecule has 0 spiro atoms. The minimum Gasteiger partial charge on any atom is -0.494 e. The molecule has 1 aliphatic rings. The fourth-order valence-corrected chi connectivity index (χ4v) is 3.48. The van der Waals surface area contributed by atoms with Gasteiger partial charge in [0.1, 0.15) is 0 Å². The van der Waals surface area contributed by atoms with Crippen LogP contribution < -0.4 is 10.1 Å². The third-order valence-electron chi connectivity index (χ3n) is 4.52. The first-order valence-electron chi connectivity index (χ1n) is 7.79. The number of benzene rings is 1. The molecule has 0 bridgehead atoms. The van der Waals surface area contributed by atoms with Gasteiger partial charge >= 0.3 is 0 Å².